The van der Waals surface area contributed by atoms with E-state index in [4.69, 9.17) is 13.6 Å². The number of carbonyl (C=O) groups is 2. The summed E-state index contributed by atoms with van der Waals surface area (Å²) >= 11 is 0. The van der Waals surface area contributed by atoms with E-state index in [-0.39, 0.29) is 17.4 Å². The van der Waals surface area contributed by atoms with Gasteiger partial charge in [0.1, 0.15) is 5.75 Å². The Labute approximate surface area is 131 Å². The lowest BCUT2D eigenvalue weighted by molar-refractivity contribution is 0.0700. The number of ether oxygens (including phenoxy) is 1. The van der Waals surface area contributed by atoms with Gasteiger partial charge in [0.15, 0.2) is 5.76 Å². The molecule has 0 fully saturated rings. The Kier molecular flexibility index (Phi) is 3.97. The fraction of sp³-hybridized carbons (Fsp3) is 0.0588. The molecule has 0 atom stereocenters. The van der Waals surface area contributed by atoms with Crippen molar-refractivity contribution in [3.63, 3.8) is 0 Å². The maximum Gasteiger partial charge on any atom is 0.379 e. The fourth-order valence-corrected chi connectivity index (χ4v) is 1.93. The quantitative estimate of drug-likeness (QED) is 0.587. The van der Waals surface area contributed by atoms with Crippen molar-refractivity contribution in [3.8, 4) is 5.75 Å². The van der Waals surface area contributed by atoms with Crippen molar-refractivity contribution in [2.75, 3.05) is 5.32 Å². The van der Waals surface area contributed by atoms with E-state index in [2.05, 4.69) is 5.32 Å². The van der Waals surface area contributed by atoms with Crippen LogP contribution in [0.4, 0.5) is 5.69 Å². The maximum atomic E-state index is 12.0. The number of esters is 1. The Bertz CT molecular complexity index is 819. The van der Waals surface area contributed by atoms with Gasteiger partial charge in [0.25, 0.3) is 5.91 Å². The van der Waals surface area contributed by atoms with E-state index < -0.39 is 5.97 Å². The number of nitrogens with one attached hydrogen (secondary N) is 1. The Hall–Kier alpha value is -3.28. The highest BCUT2D eigenvalue weighted by molar-refractivity contribution is 6.02. The first kappa shape index (κ1) is 14.6. The van der Waals surface area contributed by atoms with Crippen molar-refractivity contribution in [1.29, 1.82) is 0 Å². The van der Waals surface area contributed by atoms with Crippen molar-refractivity contribution in [1.82, 2.24) is 0 Å². The monoisotopic (exact) mass is 311 g/mol. The number of hydrogen-bond acceptors (Lipinski definition) is 5. The number of amides is 1. The molecule has 1 amide bonds. The molecule has 0 spiro atoms. The lowest BCUT2D eigenvalue weighted by Crippen LogP contribution is -2.12. The molecular weight excluding hydrogens is 298 g/mol. The predicted octanol–water partition coefficient (Wildman–Crippen LogP) is 3.65. The lowest BCUT2D eigenvalue weighted by Gasteiger charge is -2.09. The Morgan fingerprint density at radius 1 is 1.00 bits per heavy atom. The summed E-state index contributed by atoms with van der Waals surface area (Å²) in [5.74, 6) is -0.354. The highest BCUT2D eigenvalue weighted by Gasteiger charge is 2.14. The molecule has 0 bridgehead atoms. The van der Waals surface area contributed by atoms with Gasteiger partial charge in [-0.05, 0) is 42.8 Å². The van der Waals surface area contributed by atoms with Gasteiger partial charge in [-0.2, -0.15) is 0 Å². The summed E-state index contributed by atoms with van der Waals surface area (Å²) < 4.78 is 15.3. The standard InChI is InChI=1S/C17H13NO5/c1-11-6-7-12(18-16(19)13-4-2-8-21-13)10-15(11)23-17(20)14-5-3-9-22-14/h2-10H,1H3,(H,18,19). The van der Waals surface area contributed by atoms with Crippen molar-refractivity contribution >= 4 is 17.6 Å². The minimum absolute atomic E-state index is 0.106. The van der Waals surface area contributed by atoms with Crippen LogP contribution in [0.3, 0.4) is 0 Å². The number of rotatable bonds is 4. The minimum Gasteiger partial charge on any atom is -0.459 e. The van der Waals surface area contributed by atoms with Crippen LogP contribution in [0.25, 0.3) is 0 Å². The largest absolute Gasteiger partial charge is 0.459 e. The van der Waals surface area contributed by atoms with Crippen LogP contribution in [-0.2, 0) is 0 Å². The van der Waals surface area contributed by atoms with E-state index in [1.54, 1.807) is 43.3 Å². The summed E-state index contributed by atoms with van der Waals surface area (Å²) in [5.41, 5.74) is 1.24. The first-order valence-corrected chi connectivity index (χ1v) is 6.84. The maximum absolute atomic E-state index is 12.0. The van der Waals surface area contributed by atoms with Crippen LogP contribution in [0, 0.1) is 6.92 Å². The molecular formula is C17H13NO5. The zero-order valence-electron chi connectivity index (χ0n) is 12.2. The van der Waals surface area contributed by atoms with Crippen LogP contribution in [0.1, 0.15) is 26.7 Å². The third-order valence-electron chi connectivity index (χ3n) is 3.12. The molecule has 0 aliphatic rings. The van der Waals surface area contributed by atoms with Crippen LogP contribution in [0.15, 0.2) is 63.8 Å². The third-order valence-corrected chi connectivity index (χ3v) is 3.12. The summed E-state index contributed by atoms with van der Waals surface area (Å²) in [4.78, 5) is 23.9. The summed E-state index contributed by atoms with van der Waals surface area (Å²) in [5, 5.41) is 2.67. The topological polar surface area (TPSA) is 81.7 Å². The van der Waals surface area contributed by atoms with Gasteiger partial charge < -0.3 is 18.9 Å². The van der Waals surface area contributed by atoms with E-state index in [0.717, 1.165) is 5.56 Å². The van der Waals surface area contributed by atoms with Gasteiger partial charge in [0.2, 0.25) is 5.76 Å². The van der Waals surface area contributed by atoms with Gasteiger partial charge in [-0.1, -0.05) is 6.07 Å². The molecule has 0 radical (unpaired) electrons. The van der Waals surface area contributed by atoms with Gasteiger partial charge in [-0.3, -0.25) is 4.79 Å². The first-order chi connectivity index (χ1) is 11.1. The smallest absolute Gasteiger partial charge is 0.379 e. The molecule has 0 aliphatic carbocycles. The number of furan rings is 2. The second-order valence-electron chi connectivity index (χ2n) is 4.78. The molecule has 2 aromatic heterocycles. The van der Waals surface area contributed by atoms with E-state index in [1.165, 1.54) is 18.6 Å². The Balaban J connectivity index is 1.76. The van der Waals surface area contributed by atoms with Gasteiger partial charge in [0.05, 0.1) is 12.5 Å². The van der Waals surface area contributed by atoms with Crippen LogP contribution in [0.5, 0.6) is 5.75 Å². The Morgan fingerprint density at radius 2 is 1.70 bits per heavy atom. The van der Waals surface area contributed by atoms with Crippen LogP contribution < -0.4 is 10.1 Å². The predicted molar refractivity (Wildman–Crippen MR) is 81.5 cm³/mol. The van der Waals surface area contributed by atoms with Gasteiger partial charge >= 0.3 is 5.97 Å². The molecule has 0 saturated heterocycles. The molecule has 0 unspecified atom stereocenters. The van der Waals surface area contributed by atoms with Crippen molar-refractivity contribution in [2.45, 2.75) is 6.92 Å². The summed E-state index contributed by atoms with van der Waals surface area (Å²) in [7, 11) is 0. The van der Waals surface area contributed by atoms with E-state index in [1.807, 2.05) is 0 Å². The molecule has 6 nitrogen and oxygen atoms in total. The molecule has 116 valence electrons. The van der Waals surface area contributed by atoms with Crippen molar-refractivity contribution < 1.29 is 23.2 Å². The average Bonchev–Trinajstić information content (AvgIpc) is 3.23. The normalized spacial score (nSPS) is 10.3. The molecule has 1 N–H and O–H groups in total. The summed E-state index contributed by atoms with van der Waals surface area (Å²) in [6, 6.07) is 11.3. The van der Waals surface area contributed by atoms with E-state index in [0.29, 0.717) is 11.4 Å². The van der Waals surface area contributed by atoms with Crippen LogP contribution in [-0.4, -0.2) is 11.9 Å². The highest BCUT2D eigenvalue weighted by Crippen LogP contribution is 2.24. The zero-order valence-corrected chi connectivity index (χ0v) is 12.2. The molecule has 0 aliphatic heterocycles. The number of hydrogen-bond donors (Lipinski definition) is 1. The number of aryl methyl sites for hydroxylation is 1. The summed E-state index contributed by atoms with van der Waals surface area (Å²) in [6.45, 7) is 1.79. The van der Waals surface area contributed by atoms with Gasteiger partial charge in [-0.25, -0.2) is 4.79 Å². The second-order valence-corrected chi connectivity index (χ2v) is 4.78. The summed E-state index contributed by atoms with van der Waals surface area (Å²) in [6.07, 6.45) is 2.81. The molecule has 2 heterocycles. The average molecular weight is 311 g/mol. The molecule has 1 aromatic carbocycles. The van der Waals surface area contributed by atoms with Gasteiger partial charge in [0, 0.05) is 11.8 Å². The van der Waals surface area contributed by atoms with Gasteiger partial charge in [-0.15, -0.1) is 0 Å². The fourth-order valence-electron chi connectivity index (χ4n) is 1.93. The Morgan fingerprint density at radius 3 is 2.35 bits per heavy atom. The van der Waals surface area contributed by atoms with E-state index in [9.17, 15) is 9.59 Å². The number of anilines is 1. The minimum atomic E-state index is -0.604. The van der Waals surface area contributed by atoms with Crippen LogP contribution in [0.2, 0.25) is 0 Å². The van der Waals surface area contributed by atoms with E-state index >= 15 is 0 Å². The molecule has 23 heavy (non-hydrogen) atoms. The zero-order chi connectivity index (χ0) is 16.2. The van der Waals surface area contributed by atoms with Crippen molar-refractivity contribution in [2.24, 2.45) is 0 Å². The second kappa shape index (κ2) is 6.23. The molecule has 3 aromatic rings. The van der Waals surface area contributed by atoms with Crippen molar-refractivity contribution in [3.05, 3.63) is 72.1 Å². The lowest BCUT2D eigenvalue weighted by atomic mass is 10.2. The third kappa shape index (κ3) is 3.32. The SMILES string of the molecule is Cc1ccc(NC(=O)c2ccco2)cc1OC(=O)c1ccco1. The molecule has 6 heteroatoms. The number of benzene rings is 1. The highest BCUT2D eigenvalue weighted by atomic mass is 16.5. The molecule has 0 saturated carbocycles. The molecule has 3 rings (SSSR count). The number of carbonyl (C=O) groups excluding carboxylic acids is 2. The first-order valence-electron chi connectivity index (χ1n) is 6.84. The van der Waals surface area contributed by atoms with Crippen LogP contribution >= 0.6 is 0 Å².